The van der Waals surface area contributed by atoms with Crippen LogP contribution in [0.4, 0.5) is 0 Å². The maximum absolute atomic E-state index is 12.9. The van der Waals surface area contributed by atoms with Crippen molar-refractivity contribution in [2.24, 2.45) is 0 Å². The molecule has 0 aromatic heterocycles. The molecule has 7 nitrogen and oxygen atoms in total. The van der Waals surface area contributed by atoms with Crippen LogP contribution in [-0.4, -0.2) is 57.9 Å². The molecule has 0 saturated heterocycles. The SMILES string of the molecule is CN(Cc1ccc2c(c1)OCCO2)C(=O)c1cc(S(=O)(=O)N(C)C)ccc1Cl. The van der Waals surface area contributed by atoms with Gasteiger partial charge in [0, 0.05) is 27.7 Å². The van der Waals surface area contributed by atoms with Crippen molar-refractivity contribution in [1.82, 2.24) is 9.21 Å². The van der Waals surface area contributed by atoms with E-state index in [1.165, 1.54) is 37.2 Å². The first-order valence-electron chi connectivity index (χ1n) is 8.56. The number of sulfonamides is 1. The van der Waals surface area contributed by atoms with E-state index in [4.69, 9.17) is 21.1 Å². The Morgan fingerprint density at radius 1 is 1.04 bits per heavy atom. The smallest absolute Gasteiger partial charge is 0.255 e. The Morgan fingerprint density at radius 2 is 1.71 bits per heavy atom. The third kappa shape index (κ3) is 4.09. The number of ether oxygens (including phenoxy) is 2. The van der Waals surface area contributed by atoms with E-state index in [0.29, 0.717) is 31.3 Å². The van der Waals surface area contributed by atoms with E-state index >= 15 is 0 Å². The minimum absolute atomic E-state index is 0.0120. The van der Waals surface area contributed by atoms with Crippen LogP contribution in [0, 0.1) is 0 Å². The van der Waals surface area contributed by atoms with E-state index < -0.39 is 10.0 Å². The van der Waals surface area contributed by atoms with E-state index in [1.54, 1.807) is 13.1 Å². The van der Waals surface area contributed by atoms with Crippen LogP contribution in [0.5, 0.6) is 11.5 Å². The first-order valence-corrected chi connectivity index (χ1v) is 10.4. The van der Waals surface area contributed by atoms with Crippen molar-refractivity contribution in [2.75, 3.05) is 34.4 Å². The fourth-order valence-electron chi connectivity index (χ4n) is 2.78. The number of halogens is 1. The largest absolute Gasteiger partial charge is 0.486 e. The lowest BCUT2D eigenvalue weighted by atomic mass is 10.1. The van der Waals surface area contributed by atoms with Gasteiger partial charge in [-0.25, -0.2) is 12.7 Å². The van der Waals surface area contributed by atoms with Gasteiger partial charge in [-0.05, 0) is 35.9 Å². The molecule has 0 spiro atoms. The zero-order valence-corrected chi connectivity index (χ0v) is 17.4. The van der Waals surface area contributed by atoms with Gasteiger partial charge in [0.2, 0.25) is 10.0 Å². The zero-order valence-electron chi connectivity index (χ0n) is 15.8. The van der Waals surface area contributed by atoms with Gasteiger partial charge in [0.25, 0.3) is 5.91 Å². The highest BCUT2D eigenvalue weighted by molar-refractivity contribution is 7.89. The Labute approximate surface area is 169 Å². The van der Waals surface area contributed by atoms with Gasteiger partial charge in [-0.3, -0.25) is 4.79 Å². The summed E-state index contributed by atoms with van der Waals surface area (Å²) in [5.41, 5.74) is 0.984. The van der Waals surface area contributed by atoms with E-state index in [1.807, 2.05) is 12.1 Å². The molecule has 0 atom stereocenters. The third-order valence-corrected chi connectivity index (χ3v) is 6.46. The Hall–Kier alpha value is -2.29. The minimum Gasteiger partial charge on any atom is -0.486 e. The molecular formula is C19H21ClN2O5S. The quantitative estimate of drug-likeness (QED) is 0.737. The lowest BCUT2D eigenvalue weighted by Crippen LogP contribution is -2.27. The lowest BCUT2D eigenvalue weighted by molar-refractivity contribution is 0.0784. The van der Waals surface area contributed by atoms with Gasteiger partial charge in [-0.2, -0.15) is 0 Å². The van der Waals surface area contributed by atoms with Gasteiger partial charge in [-0.15, -0.1) is 0 Å². The average molecular weight is 425 g/mol. The standard InChI is InChI=1S/C19H21ClN2O5S/c1-21(2)28(24,25)14-5-6-16(20)15(11-14)19(23)22(3)12-13-4-7-17-18(10-13)27-9-8-26-17/h4-7,10-11H,8-9,12H2,1-3H3. The molecule has 1 amide bonds. The lowest BCUT2D eigenvalue weighted by Gasteiger charge is -2.22. The van der Waals surface area contributed by atoms with Crippen LogP contribution < -0.4 is 9.47 Å². The molecule has 0 unspecified atom stereocenters. The van der Waals surface area contributed by atoms with E-state index in [0.717, 1.165) is 9.87 Å². The summed E-state index contributed by atoms with van der Waals surface area (Å²) in [6.45, 7) is 1.29. The second-order valence-corrected chi connectivity index (χ2v) is 9.13. The number of hydrogen-bond donors (Lipinski definition) is 0. The Kier molecular flexibility index (Phi) is 5.83. The normalized spacial score (nSPS) is 13.5. The number of benzene rings is 2. The van der Waals surface area contributed by atoms with Crippen molar-refractivity contribution in [2.45, 2.75) is 11.4 Å². The fourth-order valence-corrected chi connectivity index (χ4v) is 3.90. The van der Waals surface area contributed by atoms with Gasteiger partial charge in [0.05, 0.1) is 15.5 Å². The molecule has 0 radical (unpaired) electrons. The first kappa shape index (κ1) is 20.4. The molecule has 1 aliphatic heterocycles. The first-order chi connectivity index (χ1) is 13.2. The molecule has 1 heterocycles. The van der Waals surface area contributed by atoms with Gasteiger partial charge in [0.1, 0.15) is 13.2 Å². The van der Waals surface area contributed by atoms with Crippen molar-refractivity contribution >= 4 is 27.5 Å². The van der Waals surface area contributed by atoms with E-state index in [9.17, 15) is 13.2 Å². The van der Waals surface area contributed by atoms with Crippen LogP contribution in [0.15, 0.2) is 41.3 Å². The van der Waals surface area contributed by atoms with Crippen molar-refractivity contribution in [3.8, 4) is 11.5 Å². The molecule has 0 fully saturated rings. The van der Waals surface area contributed by atoms with Crippen LogP contribution in [0.3, 0.4) is 0 Å². The number of fused-ring (bicyclic) bond motifs is 1. The summed E-state index contributed by atoms with van der Waals surface area (Å²) >= 11 is 6.17. The number of carbonyl (C=O) groups excluding carboxylic acids is 1. The molecule has 0 saturated carbocycles. The maximum Gasteiger partial charge on any atom is 0.255 e. The second kappa shape index (κ2) is 7.98. The summed E-state index contributed by atoms with van der Waals surface area (Å²) < 4.78 is 36.8. The van der Waals surface area contributed by atoms with E-state index in [2.05, 4.69) is 0 Å². The summed E-state index contributed by atoms with van der Waals surface area (Å²) in [4.78, 5) is 14.4. The number of carbonyl (C=O) groups is 1. The molecule has 0 N–H and O–H groups in total. The van der Waals surface area contributed by atoms with Gasteiger partial charge in [0.15, 0.2) is 11.5 Å². The highest BCUT2D eigenvalue weighted by atomic mass is 35.5. The summed E-state index contributed by atoms with van der Waals surface area (Å²) in [6, 6.07) is 9.59. The zero-order chi connectivity index (χ0) is 20.5. The summed E-state index contributed by atoms with van der Waals surface area (Å²) in [5, 5.41) is 0.191. The van der Waals surface area contributed by atoms with Gasteiger partial charge in [-0.1, -0.05) is 17.7 Å². The van der Waals surface area contributed by atoms with Crippen LogP contribution >= 0.6 is 11.6 Å². The fraction of sp³-hybridized carbons (Fsp3) is 0.316. The van der Waals surface area contributed by atoms with Crippen molar-refractivity contribution in [3.05, 3.63) is 52.5 Å². The van der Waals surface area contributed by atoms with Crippen molar-refractivity contribution in [1.29, 1.82) is 0 Å². The van der Waals surface area contributed by atoms with Crippen molar-refractivity contribution in [3.63, 3.8) is 0 Å². The molecule has 2 aromatic rings. The molecule has 2 aromatic carbocycles. The number of hydrogen-bond acceptors (Lipinski definition) is 5. The van der Waals surface area contributed by atoms with Crippen LogP contribution in [0.2, 0.25) is 5.02 Å². The Balaban J connectivity index is 1.83. The van der Waals surface area contributed by atoms with E-state index in [-0.39, 0.29) is 21.4 Å². The highest BCUT2D eigenvalue weighted by Crippen LogP contribution is 2.31. The number of nitrogens with zero attached hydrogens (tertiary/aromatic N) is 2. The number of rotatable bonds is 5. The van der Waals surface area contributed by atoms with Gasteiger partial charge >= 0.3 is 0 Å². The highest BCUT2D eigenvalue weighted by Gasteiger charge is 2.23. The topological polar surface area (TPSA) is 76.1 Å². The molecule has 0 aliphatic carbocycles. The predicted octanol–water partition coefficient (Wildman–Crippen LogP) is 2.63. The molecule has 1 aliphatic rings. The Bertz CT molecular complexity index is 1010. The Morgan fingerprint density at radius 3 is 2.39 bits per heavy atom. The van der Waals surface area contributed by atoms with Crippen molar-refractivity contribution < 1.29 is 22.7 Å². The minimum atomic E-state index is -3.67. The van der Waals surface area contributed by atoms with Crippen LogP contribution in [-0.2, 0) is 16.6 Å². The molecule has 28 heavy (non-hydrogen) atoms. The summed E-state index contributed by atoms with van der Waals surface area (Å²) in [7, 11) is 0.817. The predicted molar refractivity (Wildman–Crippen MR) is 106 cm³/mol. The molecule has 9 heteroatoms. The molecule has 150 valence electrons. The second-order valence-electron chi connectivity index (χ2n) is 6.57. The maximum atomic E-state index is 12.9. The molecule has 0 bridgehead atoms. The van der Waals surface area contributed by atoms with Gasteiger partial charge < -0.3 is 14.4 Å². The molecule has 3 rings (SSSR count). The third-order valence-electron chi connectivity index (χ3n) is 4.32. The monoisotopic (exact) mass is 424 g/mol. The summed E-state index contributed by atoms with van der Waals surface area (Å²) in [5.74, 6) is 0.936. The summed E-state index contributed by atoms with van der Waals surface area (Å²) in [6.07, 6.45) is 0. The molecular weight excluding hydrogens is 404 g/mol. The van der Waals surface area contributed by atoms with Crippen LogP contribution in [0.25, 0.3) is 0 Å². The number of amides is 1. The average Bonchev–Trinajstić information content (AvgIpc) is 2.67. The van der Waals surface area contributed by atoms with Crippen LogP contribution in [0.1, 0.15) is 15.9 Å².